The van der Waals surface area contributed by atoms with Crippen LogP contribution in [0.15, 0.2) is 24.3 Å². The van der Waals surface area contributed by atoms with Gasteiger partial charge in [-0.3, -0.25) is 0 Å². The Morgan fingerprint density at radius 2 is 1.92 bits per heavy atom. The highest BCUT2D eigenvalue weighted by Gasteiger charge is 1.92. The smallest absolute Gasteiger partial charge is 0.118 e. The fourth-order valence-corrected chi connectivity index (χ4v) is 1.45. The van der Waals surface area contributed by atoms with Gasteiger partial charge in [-0.15, -0.1) is 0 Å². The summed E-state index contributed by atoms with van der Waals surface area (Å²) in [5, 5.41) is 0. The first-order chi connectivity index (χ1) is 5.86. The number of hydrogen-bond acceptors (Lipinski definition) is 2. The molecule has 1 aromatic carbocycles. The van der Waals surface area contributed by atoms with Crippen LogP contribution in [-0.2, 0) is 6.42 Å². The zero-order valence-corrected chi connectivity index (χ0v) is 8.36. The molecule has 0 N–H and O–H groups in total. The number of hydrogen-bond donors (Lipinski definition) is 0. The van der Waals surface area contributed by atoms with E-state index in [2.05, 4.69) is 18.4 Å². The number of ether oxygens (including phenoxy) is 1. The van der Waals surface area contributed by atoms with Crippen molar-refractivity contribution in [1.82, 2.24) is 0 Å². The Morgan fingerprint density at radius 1 is 1.25 bits per heavy atom. The minimum Gasteiger partial charge on any atom is -0.497 e. The molecule has 0 fully saturated rings. The lowest BCUT2D eigenvalue weighted by Gasteiger charge is -2.01. The second kappa shape index (κ2) is 5.09. The van der Waals surface area contributed by atoms with E-state index >= 15 is 0 Å². The quantitative estimate of drug-likeness (QED) is 0.708. The molecule has 2 heteroatoms. The Morgan fingerprint density at radius 3 is 2.42 bits per heavy atom. The summed E-state index contributed by atoms with van der Waals surface area (Å²) in [7, 11) is 1.69. The van der Waals surface area contributed by atoms with Gasteiger partial charge in [0.25, 0.3) is 0 Å². The van der Waals surface area contributed by atoms with E-state index in [-0.39, 0.29) is 0 Å². The van der Waals surface area contributed by atoms with E-state index in [9.17, 15) is 0 Å². The maximum absolute atomic E-state index is 5.07. The molecule has 1 rings (SSSR count). The van der Waals surface area contributed by atoms with E-state index < -0.39 is 0 Å². The normalized spacial score (nSPS) is 9.83. The zero-order valence-electron chi connectivity index (χ0n) is 7.54. The maximum Gasteiger partial charge on any atom is 0.118 e. The first kappa shape index (κ1) is 9.46. The fourth-order valence-electron chi connectivity index (χ4n) is 1.01. The maximum atomic E-state index is 5.07. The molecule has 0 bridgehead atoms. The summed E-state index contributed by atoms with van der Waals surface area (Å²) in [6, 6.07) is 8.26. The van der Waals surface area contributed by atoms with Crippen LogP contribution in [0, 0.1) is 0 Å². The molecule has 1 nitrogen and oxygen atoms in total. The molecular formula is C10H14OS. The van der Waals surface area contributed by atoms with Crippen LogP contribution in [0.4, 0.5) is 0 Å². The number of rotatable bonds is 4. The Hall–Kier alpha value is -0.630. The minimum atomic E-state index is 0.933. The SMILES string of the molecule is COc1ccc(CCSC)cc1. The third-order valence-corrected chi connectivity index (χ3v) is 2.37. The molecule has 12 heavy (non-hydrogen) atoms. The van der Waals surface area contributed by atoms with Gasteiger partial charge in [-0.05, 0) is 36.1 Å². The van der Waals surface area contributed by atoms with Crippen molar-refractivity contribution in [2.45, 2.75) is 6.42 Å². The fraction of sp³-hybridized carbons (Fsp3) is 0.400. The van der Waals surface area contributed by atoms with E-state index in [1.165, 1.54) is 11.3 Å². The van der Waals surface area contributed by atoms with Gasteiger partial charge >= 0.3 is 0 Å². The van der Waals surface area contributed by atoms with Crippen molar-refractivity contribution in [3.8, 4) is 5.75 Å². The molecule has 0 amide bonds. The van der Waals surface area contributed by atoms with Crippen LogP contribution >= 0.6 is 11.8 Å². The molecule has 0 aromatic heterocycles. The predicted molar refractivity (Wildman–Crippen MR) is 55.1 cm³/mol. The van der Waals surface area contributed by atoms with Gasteiger partial charge in [0.2, 0.25) is 0 Å². The van der Waals surface area contributed by atoms with Crippen LogP contribution in [0.1, 0.15) is 5.56 Å². The van der Waals surface area contributed by atoms with E-state index in [0.717, 1.165) is 12.2 Å². The summed E-state index contributed by atoms with van der Waals surface area (Å²) in [4.78, 5) is 0. The van der Waals surface area contributed by atoms with E-state index in [4.69, 9.17) is 4.74 Å². The molecule has 0 heterocycles. The summed E-state index contributed by atoms with van der Waals surface area (Å²) < 4.78 is 5.07. The molecule has 0 radical (unpaired) electrons. The van der Waals surface area contributed by atoms with Crippen LogP contribution in [0.3, 0.4) is 0 Å². The van der Waals surface area contributed by atoms with Crippen molar-refractivity contribution >= 4 is 11.8 Å². The van der Waals surface area contributed by atoms with Crippen LogP contribution in [0.5, 0.6) is 5.75 Å². The summed E-state index contributed by atoms with van der Waals surface area (Å²) in [6.07, 6.45) is 3.27. The Bertz CT molecular complexity index is 218. The Kier molecular flexibility index (Phi) is 4.01. The van der Waals surface area contributed by atoms with Crippen molar-refractivity contribution in [3.63, 3.8) is 0 Å². The van der Waals surface area contributed by atoms with Crippen molar-refractivity contribution < 1.29 is 4.74 Å². The number of benzene rings is 1. The molecule has 0 aliphatic heterocycles. The molecule has 0 spiro atoms. The van der Waals surface area contributed by atoms with Gasteiger partial charge in [-0.2, -0.15) is 11.8 Å². The van der Waals surface area contributed by atoms with Crippen molar-refractivity contribution in [2.75, 3.05) is 19.1 Å². The molecule has 1 aromatic rings. The highest BCUT2D eigenvalue weighted by Crippen LogP contribution is 2.12. The number of methoxy groups -OCH3 is 1. The van der Waals surface area contributed by atoms with Crippen LogP contribution in [0.2, 0.25) is 0 Å². The molecule has 0 atom stereocenters. The lowest BCUT2D eigenvalue weighted by molar-refractivity contribution is 0.414. The van der Waals surface area contributed by atoms with Gasteiger partial charge in [0.15, 0.2) is 0 Å². The summed E-state index contributed by atoms with van der Waals surface area (Å²) >= 11 is 1.88. The van der Waals surface area contributed by atoms with Gasteiger partial charge in [0.05, 0.1) is 7.11 Å². The largest absolute Gasteiger partial charge is 0.497 e. The van der Waals surface area contributed by atoms with Gasteiger partial charge in [-0.25, -0.2) is 0 Å². The first-order valence-corrected chi connectivity index (χ1v) is 5.38. The summed E-state index contributed by atoms with van der Waals surface area (Å²) in [5.74, 6) is 2.12. The van der Waals surface area contributed by atoms with Gasteiger partial charge in [0, 0.05) is 0 Å². The summed E-state index contributed by atoms with van der Waals surface area (Å²) in [6.45, 7) is 0. The molecule has 0 saturated carbocycles. The molecule has 0 aliphatic carbocycles. The highest BCUT2D eigenvalue weighted by molar-refractivity contribution is 7.98. The van der Waals surface area contributed by atoms with Crippen LogP contribution < -0.4 is 4.74 Å². The lowest BCUT2D eigenvalue weighted by atomic mass is 10.2. The van der Waals surface area contributed by atoms with Crippen molar-refractivity contribution in [2.24, 2.45) is 0 Å². The number of aryl methyl sites for hydroxylation is 1. The van der Waals surface area contributed by atoms with Crippen molar-refractivity contribution in [1.29, 1.82) is 0 Å². The van der Waals surface area contributed by atoms with Crippen LogP contribution in [-0.4, -0.2) is 19.1 Å². The Labute approximate surface area is 78.1 Å². The van der Waals surface area contributed by atoms with E-state index in [1.807, 2.05) is 23.9 Å². The lowest BCUT2D eigenvalue weighted by Crippen LogP contribution is -1.88. The monoisotopic (exact) mass is 182 g/mol. The average Bonchev–Trinajstić information content (AvgIpc) is 2.15. The van der Waals surface area contributed by atoms with Crippen LogP contribution in [0.25, 0.3) is 0 Å². The molecule has 0 saturated heterocycles. The third kappa shape index (κ3) is 2.78. The second-order valence-electron chi connectivity index (χ2n) is 2.59. The van der Waals surface area contributed by atoms with E-state index in [0.29, 0.717) is 0 Å². The standard InChI is InChI=1S/C10H14OS/c1-11-10-5-3-9(4-6-10)7-8-12-2/h3-6H,7-8H2,1-2H3. The topological polar surface area (TPSA) is 9.23 Å². The van der Waals surface area contributed by atoms with Gasteiger partial charge in [-0.1, -0.05) is 12.1 Å². The second-order valence-corrected chi connectivity index (χ2v) is 3.58. The molecule has 0 unspecified atom stereocenters. The van der Waals surface area contributed by atoms with E-state index in [1.54, 1.807) is 7.11 Å². The zero-order chi connectivity index (χ0) is 8.81. The van der Waals surface area contributed by atoms with Gasteiger partial charge < -0.3 is 4.74 Å². The average molecular weight is 182 g/mol. The minimum absolute atomic E-state index is 0.933. The molecule has 0 aliphatic rings. The van der Waals surface area contributed by atoms with Gasteiger partial charge in [0.1, 0.15) is 5.75 Å². The first-order valence-electron chi connectivity index (χ1n) is 3.98. The molecule has 66 valence electrons. The van der Waals surface area contributed by atoms with Crippen molar-refractivity contribution in [3.05, 3.63) is 29.8 Å². The molecular weight excluding hydrogens is 168 g/mol. The third-order valence-electron chi connectivity index (χ3n) is 1.75. The predicted octanol–water partition coefficient (Wildman–Crippen LogP) is 2.60. The summed E-state index contributed by atoms with van der Waals surface area (Å²) in [5.41, 5.74) is 1.38. The highest BCUT2D eigenvalue weighted by atomic mass is 32.2. The Balaban J connectivity index is 2.53. The number of thioether (sulfide) groups is 1.